The number of esters is 1. The number of aryl methyl sites for hydroxylation is 1. The average Bonchev–Trinajstić information content (AvgIpc) is 2.78. The number of piperidine rings is 1. The topological polar surface area (TPSA) is 84.4 Å². The van der Waals surface area contributed by atoms with Gasteiger partial charge in [0, 0.05) is 36.6 Å². The van der Waals surface area contributed by atoms with E-state index in [0.29, 0.717) is 17.7 Å². The van der Waals surface area contributed by atoms with Crippen LogP contribution < -0.4 is 10.2 Å². The van der Waals surface area contributed by atoms with Crippen molar-refractivity contribution in [1.82, 2.24) is 9.97 Å². The van der Waals surface area contributed by atoms with Gasteiger partial charge in [-0.2, -0.15) is 0 Å². The Hall–Kier alpha value is -2.96. The predicted molar refractivity (Wildman–Crippen MR) is 115 cm³/mol. The Bertz CT molecular complexity index is 938. The van der Waals surface area contributed by atoms with E-state index in [9.17, 15) is 9.59 Å². The zero-order valence-electron chi connectivity index (χ0n) is 17.6. The fourth-order valence-electron chi connectivity index (χ4n) is 4.17. The minimum atomic E-state index is -0.422. The van der Waals surface area contributed by atoms with Crippen molar-refractivity contribution in [2.75, 3.05) is 30.4 Å². The van der Waals surface area contributed by atoms with Crippen LogP contribution in [0, 0.1) is 11.8 Å². The number of nitrogens with zero attached hydrogens (tertiary/aromatic N) is 3. The number of anilines is 2. The zero-order chi connectivity index (χ0) is 21.1. The molecule has 2 aliphatic rings. The number of fused-ring (bicyclic) bond motifs is 1. The Labute approximate surface area is 176 Å². The molecule has 0 saturated carbocycles. The molecule has 1 aliphatic carbocycles. The van der Waals surface area contributed by atoms with E-state index in [2.05, 4.69) is 22.1 Å². The Morgan fingerprint density at radius 2 is 2.00 bits per heavy atom. The first-order chi connectivity index (χ1) is 14.5. The Kier molecular flexibility index (Phi) is 5.97. The summed E-state index contributed by atoms with van der Waals surface area (Å²) in [5, 5.41) is 2.93. The number of rotatable bonds is 4. The van der Waals surface area contributed by atoms with Crippen molar-refractivity contribution in [3.63, 3.8) is 0 Å². The molecule has 2 aromatic rings. The minimum absolute atomic E-state index is 0.0447. The van der Waals surface area contributed by atoms with Crippen LogP contribution in [0.2, 0.25) is 0 Å². The molecule has 1 N–H and O–H groups in total. The van der Waals surface area contributed by atoms with Gasteiger partial charge in [-0.3, -0.25) is 4.79 Å². The SMILES string of the molecule is COC(=O)c1cccc(NC(=O)[C@H]2CCc3nc(N4CCC(C)CC4)ncc3C2)c1. The third-order valence-corrected chi connectivity index (χ3v) is 6.13. The van der Waals surface area contributed by atoms with Crippen LogP contribution in [0.4, 0.5) is 11.6 Å². The molecule has 1 fully saturated rings. The molecule has 7 heteroatoms. The Morgan fingerprint density at radius 3 is 2.77 bits per heavy atom. The first-order valence-electron chi connectivity index (χ1n) is 10.6. The number of amides is 1. The number of methoxy groups -OCH3 is 1. The first-order valence-corrected chi connectivity index (χ1v) is 10.6. The molecule has 0 spiro atoms. The Morgan fingerprint density at radius 1 is 1.20 bits per heavy atom. The van der Waals surface area contributed by atoms with Gasteiger partial charge < -0.3 is 15.0 Å². The molecule has 2 heterocycles. The maximum atomic E-state index is 12.8. The summed E-state index contributed by atoms with van der Waals surface area (Å²) >= 11 is 0. The van der Waals surface area contributed by atoms with E-state index < -0.39 is 5.97 Å². The van der Waals surface area contributed by atoms with Gasteiger partial charge in [-0.25, -0.2) is 14.8 Å². The molecule has 158 valence electrons. The highest BCUT2D eigenvalue weighted by molar-refractivity contribution is 5.95. The molecule has 30 heavy (non-hydrogen) atoms. The number of carbonyl (C=O) groups is 2. The van der Waals surface area contributed by atoms with Crippen molar-refractivity contribution < 1.29 is 14.3 Å². The highest BCUT2D eigenvalue weighted by Gasteiger charge is 2.27. The smallest absolute Gasteiger partial charge is 0.337 e. The molecule has 4 rings (SSSR count). The van der Waals surface area contributed by atoms with Crippen LogP contribution in [0.1, 0.15) is 47.8 Å². The summed E-state index contributed by atoms with van der Waals surface area (Å²) < 4.78 is 4.74. The summed E-state index contributed by atoms with van der Waals surface area (Å²) in [6.07, 6.45) is 6.42. The van der Waals surface area contributed by atoms with Gasteiger partial charge in [-0.05, 0) is 61.8 Å². The molecular weight excluding hydrogens is 380 g/mol. The van der Waals surface area contributed by atoms with Gasteiger partial charge in [0.25, 0.3) is 0 Å². The van der Waals surface area contributed by atoms with Crippen LogP contribution in [0.15, 0.2) is 30.5 Å². The van der Waals surface area contributed by atoms with E-state index in [1.807, 2.05) is 6.20 Å². The summed E-state index contributed by atoms with van der Waals surface area (Å²) in [4.78, 5) is 36.2. The summed E-state index contributed by atoms with van der Waals surface area (Å²) in [5.41, 5.74) is 3.13. The number of ether oxygens (including phenoxy) is 1. The summed E-state index contributed by atoms with van der Waals surface area (Å²) in [6, 6.07) is 6.80. The second kappa shape index (κ2) is 8.81. The lowest BCUT2D eigenvalue weighted by molar-refractivity contribution is -0.120. The van der Waals surface area contributed by atoms with Gasteiger partial charge in [0.1, 0.15) is 0 Å². The van der Waals surface area contributed by atoms with Crippen molar-refractivity contribution in [3.05, 3.63) is 47.3 Å². The van der Waals surface area contributed by atoms with Crippen molar-refractivity contribution in [3.8, 4) is 0 Å². The predicted octanol–water partition coefficient (Wildman–Crippen LogP) is 3.24. The van der Waals surface area contributed by atoms with Crippen LogP contribution in [0.3, 0.4) is 0 Å². The third kappa shape index (κ3) is 4.45. The third-order valence-electron chi connectivity index (χ3n) is 6.13. The fraction of sp³-hybridized carbons (Fsp3) is 0.478. The van der Waals surface area contributed by atoms with Gasteiger partial charge in [-0.15, -0.1) is 0 Å². The van der Waals surface area contributed by atoms with Crippen molar-refractivity contribution in [1.29, 1.82) is 0 Å². The highest BCUT2D eigenvalue weighted by atomic mass is 16.5. The van der Waals surface area contributed by atoms with E-state index in [1.54, 1.807) is 24.3 Å². The van der Waals surface area contributed by atoms with Crippen molar-refractivity contribution in [2.45, 2.75) is 39.0 Å². The Balaban J connectivity index is 1.40. The molecule has 0 bridgehead atoms. The quantitative estimate of drug-likeness (QED) is 0.782. The van der Waals surface area contributed by atoms with Crippen molar-refractivity contribution >= 4 is 23.5 Å². The number of benzene rings is 1. The number of aromatic nitrogens is 2. The summed E-state index contributed by atoms with van der Waals surface area (Å²) in [6.45, 7) is 4.31. The van der Waals surface area contributed by atoms with Crippen LogP contribution >= 0.6 is 0 Å². The van der Waals surface area contributed by atoms with Crippen molar-refractivity contribution in [2.24, 2.45) is 11.8 Å². The van der Waals surface area contributed by atoms with Gasteiger partial charge in [0.05, 0.1) is 12.7 Å². The van der Waals surface area contributed by atoms with Gasteiger partial charge in [0.2, 0.25) is 11.9 Å². The minimum Gasteiger partial charge on any atom is -0.465 e. The van der Waals surface area contributed by atoms with Gasteiger partial charge in [0.15, 0.2) is 0 Å². The largest absolute Gasteiger partial charge is 0.465 e. The number of hydrogen-bond donors (Lipinski definition) is 1. The van der Waals surface area contributed by atoms with E-state index in [1.165, 1.54) is 20.0 Å². The average molecular weight is 409 g/mol. The van der Waals surface area contributed by atoms with Crippen LogP contribution in [-0.4, -0.2) is 42.0 Å². The second-order valence-corrected chi connectivity index (χ2v) is 8.31. The first kappa shape index (κ1) is 20.3. The van der Waals surface area contributed by atoms with Crippen LogP contribution in [0.25, 0.3) is 0 Å². The van der Waals surface area contributed by atoms with E-state index in [0.717, 1.165) is 49.1 Å². The molecule has 1 aliphatic heterocycles. The standard InChI is InChI=1S/C23H28N4O3/c1-15-8-10-27(11-9-15)23-24-14-18-12-16(6-7-20(18)26-23)21(28)25-19-5-3-4-17(13-19)22(29)30-2/h3-5,13-16H,6-12H2,1-2H3,(H,25,28)/t16-/m0/s1. The number of hydrogen-bond acceptors (Lipinski definition) is 6. The maximum absolute atomic E-state index is 12.8. The molecule has 1 atom stereocenters. The lowest BCUT2D eigenvalue weighted by Crippen LogP contribution is -2.35. The highest BCUT2D eigenvalue weighted by Crippen LogP contribution is 2.28. The van der Waals surface area contributed by atoms with Gasteiger partial charge >= 0.3 is 5.97 Å². The maximum Gasteiger partial charge on any atom is 0.337 e. The second-order valence-electron chi connectivity index (χ2n) is 8.31. The van der Waals surface area contributed by atoms with Crippen LogP contribution in [0.5, 0.6) is 0 Å². The normalized spacial score (nSPS) is 19.1. The monoisotopic (exact) mass is 408 g/mol. The molecule has 7 nitrogen and oxygen atoms in total. The van der Waals surface area contributed by atoms with Crippen LogP contribution in [-0.2, 0) is 22.4 Å². The van der Waals surface area contributed by atoms with E-state index >= 15 is 0 Å². The molecule has 1 amide bonds. The molecule has 0 radical (unpaired) electrons. The molecule has 0 unspecified atom stereocenters. The molecule has 1 saturated heterocycles. The zero-order valence-corrected chi connectivity index (χ0v) is 17.6. The summed E-state index contributed by atoms with van der Waals surface area (Å²) in [7, 11) is 1.34. The number of nitrogens with one attached hydrogen (secondary N) is 1. The summed E-state index contributed by atoms with van der Waals surface area (Å²) in [5.74, 6) is 0.991. The van der Waals surface area contributed by atoms with E-state index in [-0.39, 0.29) is 11.8 Å². The molecule has 1 aromatic carbocycles. The molecular formula is C23H28N4O3. The van der Waals surface area contributed by atoms with Gasteiger partial charge in [-0.1, -0.05) is 13.0 Å². The molecule has 1 aromatic heterocycles. The lowest BCUT2D eigenvalue weighted by Gasteiger charge is -2.31. The number of carbonyl (C=O) groups excluding carboxylic acids is 2. The fourth-order valence-corrected chi connectivity index (χ4v) is 4.17. The lowest BCUT2D eigenvalue weighted by atomic mass is 9.86. The van der Waals surface area contributed by atoms with E-state index in [4.69, 9.17) is 9.72 Å².